The summed E-state index contributed by atoms with van der Waals surface area (Å²) in [6.45, 7) is 2.11. The molecule has 2 rings (SSSR count). The molecule has 0 spiro atoms. The summed E-state index contributed by atoms with van der Waals surface area (Å²) in [5.74, 6) is 0. The van der Waals surface area contributed by atoms with Crippen molar-refractivity contribution in [3.63, 3.8) is 0 Å². The van der Waals surface area contributed by atoms with Crippen molar-refractivity contribution in [2.24, 2.45) is 4.40 Å². The SMILES string of the molecule is CCCC/C(=N\S(=O)O)C1(c2ccc(Cl)cc2)CCC1. The normalized spacial score (nSPS) is 19.4. The van der Waals surface area contributed by atoms with Crippen molar-refractivity contribution in [2.75, 3.05) is 0 Å². The van der Waals surface area contributed by atoms with E-state index < -0.39 is 11.3 Å². The molecule has 110 valence electrons. The quantitative estimate of drug-likeness (QED) is 0.619. The van der Waals surface area contributed by atoms with E-state index >= 15 is 0 Å². The molecule has 1 N–H and O–H groups in total. The molecule has 3 nitrogen and oxygen atoms in total. The third-order valence-electron chi connectivity index (χ3n) is 4.11. The van der Waals surface area contributed by atoms with Crippen molar-refractivity contribution in [3.05, 3.63) is 34.9 Å². The van der Waals surface area contributed by atoms with Crippen LogP contribution in [0.4, 0.5) is 0 Å². The Hall–Kier alpha value is -0.710. The van der Waals surface area contributed by atoms with Crippen molar-refractivity contribution < 1.29 is 8.76 Å². The van der Waals surface area contributed by atoms with E-state index in [0.29, 0.717) is 5.02 Å². The van der Waals surface area contributed by atoms with Crippen molar-refractivity contribution in [2.45, 2.75) is 50.9 Å². The van der Waals surface area contributed by atoms with E-state index in [-0.39, 0.29) is 5.41 Å². The molecule has 5 heteroatoms. The van der Waals surface area contributed by atoms with Gasteiger partial charge in [-0.25, -0.2) is 4.21 Å². The van der Waals surface area contributed by atoms with Gasteiger partial charge in [0.1, 0.15) is 0 Å². The number of halogens is 1. The third kappa shape index (κ3) is 3.30. The highest BCUT2D eigenvalue weighted by Gasteiger charge is 2.43. The van der Waals surface area contributed by atoms with E-state index in [0.717, 1.165) is 49.8 Å². The first-order valence-electron chi connectivity index (χ1n) is 7.03. The lowest BCUT2D eigenvalue weighted by atomic mass is 9.61. The molecule has 1 atom stereocenters. The van der Waals surface area contributed by atoms with E-state index in [2.05, 4.69) is 11.3 Å². The van der Waals surface area contributed by atoms with Gasteiger partial charge < -0.3 is 0 Å². The predicted molar refractivity (Wildman–Crippen MR) is 84.7 cm³/mol. The van der Waals surface area contributed by atoms with Crippen molar-refractivity contribution in [1.82, 2.24) is 0 Å². The summed E-state index contributed by atoms with van der Waals surface area (Å²) in [4.78, 5) is 0. The van der Waals surface area contributed by atoms with E-state index in [1.165, 1.54) is 0 Å². The second-order valence-corrected chi connectivity index (χ2v) is 6.40. The smallest absolute Gasteiger partial charge is 0.281 e. The van der Waals surface area contributed by atoms with Crippen LogP contribution in [0.5, 0.6) is 0 Å². The molecule has 1 aromatic carbocycles. The summed E-state index contributed by atoms with van der Waals surface area (Å²) in [6.07, 6.45) is 5.94. The van der Waals surface area contributed by atoms with Crippen LogP contribution in [0.2, 0.25) is 5.02 Å². The standard InChI is InChI=1S/C15H20ClNO2S/c1-2-3-5-14(17-20(18)19)15(10-4-11-15)12-6-8-13(16)9-7-12/h6-9H,2-5,10-11H2,1H3,(H,18,19)/b17-14+. The van der Waals surface area contributed by atoms with Crippen molar-refractivity contribution in [3.8, 4) is 0 Å². The monoisotopic (exact) mass is 313 g/mol. The van der Waals surface area contributed by atoms with Gasteiger partial charge in [-0.2, -0.15) is 4.40 Å². The summed E-state index contributed by atoms with van der Waals surface area (Å²) in [7, 11) is 0. The molecule has 1 saturated carbocycles. The Bertz CT molecular complexity index is 509. The Balaban J connectivity index is 2.36. The van der Waals surface area contributed by atoms with Gasteiger partial charge in [0.2, 0.25) is 0 Å². The fraction of sp³-hybridized carbons (Fsp3) is 0.533. The largest absolute Gasteiger partial charge is 0.288 e. The highest BCUT2D eigenvalue weighted by atomic mass is 35.5. The van der Waals surface area contributed by atoms with Crippen LogP contribution in [0.15, 0.2) is 28.7 Å². The molecule has 1 aromatic rings. The number of hydrogen-bond donors (Lipinski definition) is 1. The van der Waals surface area contributed by atoms with Gasteiger partial charge in [-0.1, -0.05) is 43.5 Å². The number of hydrogen-bond acceptors (Lipinski definition) is 1. The van der Waals surface area contributed by atoms with Gasteiger partial charge in [-0.3, -0.25) is 4.55 Å². The van der Waals surface area contributed by atoms with Gasteiger partial charge in [0, 0.05) is 16.1 Å². The first kappa shape index (κ1) is 15.7. The van der Waals surface area contributed by atoms with Crippen LogP contribution in [-0.2, 0) is 16.7 Å². The third-order valence-corrected chi connectivity index (χ3v) is 4.74. The zero-order valence-electron chi connectivity index (χ0n) is 11.6. The van der Waals surface area contributed by atoms with E-state index in [1.807, 2.05) is 24.3 Å². The van der Waals surface area contributed by atoms with Gasteiger partial charge in [-0.05, 0) is 43.4 Å². The second kappa shape index (κ2) is 6.83. The van der Waals surface area contributed by atoms with Gasteiger partial charge in [0.25, 0.3) is 11.3 Å². The zero-order chi connectivity index (χ0) is 14.6. The van der Waals surface area contributed by atoms with Crippen molar-refractivity contribution >= 4 is 28.6 Å². The number of rotatable bonds is 6. The maximum Gasteiger partial charge on any atom is 0.281 e. The number of benzene rings is 1. The maximum absolute atomic E-state index is 11.1. The van der Waals surface area contributed by atoms with Crippen LogP contribution < -0.4 is 0 Å². The second-order valence-electron chi connectivity index (χ2n) is 5.31. The first-order chi connectivity index (χ1) is 9.58. The van der Waals surface area contributed by atoms with Crippen LogP contribution in [0, 0.1) is 0 Å². The lowest BCUT2D eigenvalue weighted by molar-refractivity contribution is 0.335. The molecule has 0 radical (unpaired) electrons. The lowest BCUT2D eigenvalue weighted by Crippen LogP contribution is -2.42. The summed E-state index contributed by atoms with van der Waals surface area (Å²) < 4.78 is 24.3. The van der Waals surface area contributed by atoms with Gasteiger partial charge >= 0.3 is 0 Å². The Kier molecular flexibility index (Phi) is 5.35. The average molecular weight is 314 g/mol. The Labute approximate surface area is 127 Å². The summed E-state index contributed by atoms with van der Waals surface area (Å²) >= 11 is 3.82. The molecule has 0 aliphatic heterocycles. The van der Waals surface area contributed by atoms with E-state index in [1.54, 1.807) is 0 Å². The van der Waals surface area contributed by atoms with Gasteiger partial charge in [-0.15, -0.1) is 0 Å². The molecule has 1 unspecified atom stereocenters. The summed E-state index contributed by atoms with van der Waals surface area (Å²) in [5.41, 5.74) is 1.88. The predicted octanol–water partition coefficient (Wildman–Crippen LogP) is 4.53. The molecular formula is C15H20ClNO2S. The van der Waals surface area contributed by atoms with Crippen LogP contribution in [0.1, 0.15) is 51.0 Å². The van der Waals surface area contributed by atoms with Crippen LogP contribution >= 0.6 is 11.6 Å². The molecule has 1 fully saturated rings. The van der Waals surface area contributed by atoms with E-state index in [9.17, 15) is 4.21 Å². The van der Waals surface area contributed by atoms with E-state index in [4.69, 9.17) is 16.2 Å². The molecule has 0 heterocycles. The number of unbranched alkanes of at least 4 members (excludes halogenated alkanes) is 1. The topological polar surface area (TPSA) is 49.7 Å². The molecule has 0 bridgehead atoms. The average Bonchev–Trinajstić information content (AvgIpc) is 2.36. The minimum absolute atomic E-state index is 0.155. The molecular weight excluding hydrogens is 294 g/mol. The highest BCUT2D eigenvalue weighted by Crippen LogP contribution is 2.46. The van der Waals surface area contributed by atoms with Crippen LogP contribution in [0.3, 0.4) is 0 Å². The molecule has 0 aromatic heterocycles. The summed E-state index contributed by atoms with van der Waals surface area (Å²) in [5, 5.41) is 0.709. The minimum atomic E-state index is -2.13. The maximum atomic E-state index is 11.1. The molecule has 0 amide bonds. The van der Waals surface area contributed by atoms with Crippen LogP contribution in [-0.4, -0.2) is 14.5 Å². The first-order valence-corrected chi connectivity index (χ1v) is 8.48. The highest BCUT2D eigenvalue weighted by molar-refractivity contribution is 7.78. The Morgan fingerprint density at radius 3 is 2.50 bits per heavy atom. The minimum Gasteiger partial charge on any atom is -0.288 e. The van der Waals surface area contributed by atoms with Crippen LogP contribution in [0.25, 0.3) is 0 Å². The molecule has 1 aliphatic rings. The Morgan fingerprint density at radius 2 is 2.05 bits per heavy atom. The summed E-state index contributed by atoms with van der Waals surface area (Å²) in [6, 6.07) is 7.79. The molecule has 0 saturated heterocycles. The van der Waals surface area contributed by atoms with Gasteiger partial charge in [0.05, 0.1) is 0 Å². The lowest BCUT2D eigenvalue weighted by Gasteiger charge is -2.43. The molecule has 20 heavy (non-hydrogen) atoms. The molecule has 1 aliphatic carbocycles. The fourth-order valence-corrected chi connectivity index (χ4v) is 3.43. The Morgan fingerprint density at radius 1 is 1.40 bits per heavy atom. The zero-order valence-corrected chi connectivity index (χ0v) is 13.2. The van der Waals surface area contributed by atoms with Gasteiger partial charge in [0.15, 0.2) is 0 Å². The number of nitrogens with zero attached hydrogens (tertiary/aromatic N) is 1. The fourth-order valence-electron chi connectivity index (χ4n) is 2.85. The van der Waals surface area contributed by atoms with Crippen molar-refractivity contribution in [1.29, 1.82) is 0 Å².